The van der Waals surface area contributed by atoms with Crippen molar-refractivity contribution < 1.29 is 22.0 Å². The summed E-state index contributed by atoms with van der Waals surface area (Å²) in [6.07, 6.45) is 0. The minimum absolute atomic E-state index is 0.355. The van der Waals surface area contributed by atoms with Crippen LogP contribution in [0.2, 0.25) is 0 Å². The van der Waals surface area contributed by atoms with E-state index in [9.17, 15) is 22.0 Å². The van der Waals surface area contributed by atoms with E-state index in [1.54, 1.807) is 0 Å². The van der Waals surface area contributed by atoms with E-state index in [2.05, 4.69) is 5.32 Å². The lowest BCUT2D eigenvalue weighted by Gasteiger charge is -2.15. The molecule has 6 nitrogen and oxygen atoms in total. The zero-order chi connectivity index (χ0) is 17.6. The third-order valence-electron chi connectivity index (χ3n) is 2.97. The fourth-order valence-electron chi connectivity index (χ4n) is 1.76. The molecule has 0 radical (unpaired) electrons. The van der Waals surface area contributed by atoms with Gasteiger partial charge in [-0.15, -0.1) is 0 Å². The molecule has 23 heavy (non-hydrogen) atoms. The van der Waals surface area contributed by atoms with Gasteiger partial charge in [0.2, 0.25) is 15.9 Å². The smallest absolute Gasteiger partial charge is 0.233 e. The number of nitrogens with zero attached hydrogens (tertiary/aromatic N) is 1. The Morgan fingerprint density at radius 3 is 2.52 bits per heavy atom. The van der Waals surface area contributed by atoms with E-state index >= 15 is 0 Å². The number of likely N-dealkylation sites (N-methyl/N-ethyl adjacent to an activating group) is 1. The first-order valence-corrected chi connectivity index (χ1v) is 8.64. The lowest BCUT2D eigenvalue weighted by atomic mass is 10.2. The van der Waals surface area contributed by atoms with Crippen molar-refractivity contribution in [1.29, 1.82) is 0 Å². The molecule has 1 aromatic rings. The summed E-state index contributed by atoms with van der Waals surface area (Å²) in [7, 11) is -0.242. The normalized spacial score (nSPS) is 13.0. The van der Waals surface area contributed by atoms with Gasteiger partial charge in [0.1, 0.15) is 11.6 Å². The molecule has 0 saturated heterocycles. The highest BCUT2D eigenvalue weighted by Gasteiger charge is 2.22. The predicted molar refractivity (Wildman–Crippen MR) is 84.5 cm³/mol. The average molecular weight is 349 g/mol. The maximum atomic E-state index is 13.5. The predicted octanol–water partition coefficient (Wildman–Crippen LogP) is 1.02. The molecule has 0 spiro atoms. The molecule has 1 amide bonds. The first-order valence-electron chi connectivity index (χ1n) is 6.98. The summed E-state index contributed by atoms with van der Waals surface area (Å²) in [5.41, 5.74) is -0.355. The van der Waals surface area contributed by atoms with Crippen LogP contribution < -0.4 is 10.0 Å². The summed E-state index contributed by atoms with van der Waals surface area (Å²) in [6, 6.07) is 2.51. The van der Waals surface area contributed by atoms with Crippen LogP contribution in [0.25, 0.3) is 0 Å². The van der Waals surface area contributed by atoms with Gasteiger partial charge in [-0.25, -0.2) is 17.2 Å². The minimum atomic E-state index is -3.94. The molecule has 130 valence electrons. The molecule has 0 aliphatic carbocycles. The van der Waals surface area contributed by atoms with Crippen LogP contribution in [0.5, 0.6) is 0 Å². The Hall–Kier alpha value is -1.74. The molecular formula is C14H21F2N3O3S. The Kier molecular flexibility index (Phi) is 6.89. The quantitative estimate of drug-likeness (QED) is 0.735. The van der Waals surface area contributed by atoms with Gasteiger partial charge in [-0.3, -0.25) is 9.52 Å². The number of hydrogen-bond acceptors (Lipinski definition) is 4. The van der Waals surface area contributed by atoms with Gasteiger partial charge in [-0.05, 0) is 26.2 Å². The number of amides is 1. The van der Waals surface area contributed by atoms with Crippen molar-refractivity contribution in [2.24, 2.45) is 5.92 Å². The van der Waals surface area contributed by atoms with Crippen LogP contribution in [-0.2, 0) is 14.8 Å². The van der Waals surface area contributed by atoms with Crippen molar-refractivity contribution >= 4 is 21.6 Å². The topological polar surface area (TPSA) is 78.5 Å². The molecule has 0 heterocycles. The van der Waals surface area contributed by atoms with Crippen molar-refractivity contribution in [3.63, 3.8) is 0 Å². The summed E-state index contributed by atoms with van der Waals surface area (Å²) < 4.78 is 52.2. The SMILES string of the molecule is CC(CS(=O)(=O)Nc1ccc(F)cc1F)C(=O)NCCN(C)C. The Bertz CT molecular complexity index is 651. The Balaban J connectivity index is 2.61. The van der Waals surface area contributed by atoms with Crippen LogP contribution >= 0.6 is 0 Å². The first kappa shape index (κ1) is 19.3. The molecule has 0 bridgehead atoms. The minimum Gasteiger partial charge on any atom is -0.355 e. The van der Waals surface area contributed by atoms with Crippen molar-refractivity contribution in [3.05, 3.63) is 29.8 Å². The van der Waals surface area contributed by atoms with E-state index in [1.165, 1.54) is 6.92 Å². The number of halogens is 2. The van der Waals surface area contributed by atoms with E-state index in [4.69, 9.17) is 0 Å². The molecule has 0 saturated carbocycles. The Morgan fingerprint density at radius 1 is 1.30 bits per heavy atom. The summed E-state index contributed by atoms with van der Waals surface area (Å²) >= 11 is 0. The van der Waals surface area contributed by atoms with Gasteiger partial charge in [0.15, 0.2) is 0 Å². The van der Waals surface area contributed by atoms with E-state index in [0.29, 0.717) is 19.2 Å². The molecule has 1 unspecified atom stereocenters. The van der Waals surface area contributed by atoms with Gasteiger partial charge in [-0.1, -0.05) is 6.92 Å². The van der Waals surface area contributed by atoms with Crippen molar-refractivity contribution in [2.75, 3.05) is 37.7 Å². The van der Waals surface area contributed by atoms with Gasteiger partial charge < -0.3 is 10.2 Å². The third kappa shape index (κ3) is 6.91. The Labute approximate surface area is 134 Å². The van der Waals surface area contributed by atoms with Gasteiger partial charge >= 0.3 is 0 Å². The lowest BCUT2D eigenvalue weighted by molar-refractivity contribution is -0.123. The van der Waals surface area contributed by atoms with Crippen LogP contribution in [0.3, 0.4) is 0 Å². The monoisotopic (exact) mass is 349 g/mol. The molecule has 0 aliphatic heterocycles. The number of carbonyl (C=O) groups is 1. The van der Waals surface area contributed by atoms with E-state index in [0.717, 1.165) is 12.1 Å². The molecular weight excluding hydrogens is 328 g/mol. The molecule has 0 aliphatic rings. The van der Waals surface area contributed by atoms with Crippen molar-refractivity contribution in [1.82, 2.24) is 10.2 Å². The zero-order valence-electron chi connectivity index (χ0n) is 13.3. The number of carbonyl (C=O) groups excluding carboxylic acids is 1. The van der Waals surface area contributed by atoms with E-state index < -0.39 is 39.2 Å². The third-order valence-corrected chi connectivity index (χ3v) is 4.44. The van der Waals surface area contributed by atoms with Crippen LogP contribution in [0, 0.1) is 17.6 Å². The van der Waals surface area contributed by atoms with Crippen molar-refractivity contribution in [3.8, 4) is 0 Å². The largest absolute Gasteiger partial charge is 0.355 e. The number of nitrogens with one attached hydrogen (secondary N) is 2. The molecule has 1 aromatic carbocycles. The fourth-order valence-corrected chi connectivity index (χ4v) is 3.16. The molecule has 0 aromatic heterocycles. The standard InChI is InChI=1S/C14H21F2N3O3S/c1-10(14(20)17-6-7-19(2)3)9-23(21,22)18-13-5-4-11(15)8-12(13)16/h4-5,8,10,18H,6-7,9H2,1-3H3,(H,17,20). The number of sulfonamides is 1. The Morgan fingerprint density at radius 2 is 1.96 bits per heavy atom. The fraction of sp³-hybridized carbons (Fsp3) is 0.500. The van der Waals surface area contributed by atoms with Gasteiger partial charge in [0.25, 0.3) is 0 Å². The number of anilines is 1. The molecule has 1 atom stereocenters. The van der Waals surface area contributed by atoms with Crippen LogP contribution in [0.4, 0.5) is 14.5 Å². The number of hydrogen-bond donors (Lipinski definition) is 2. The highest BCUT2D eigenvalue weighted by molar-refractivity contribution is 7.92. The molecule has 9 heteroatoms. The van der Waals surface area contributed by atoms with Gasteiger partial charge in [-0.2, -0.15) is 0 Å². The highest BCUT2D eigenvalue weighted by Crippen LogP contribution is 2.17. The number of rotatable bonds is 8. The second kappa shape index (κ2) is 8.21. The summed E-state index contributed by atoms with van der Waals surface area (Å²) in [6.45, 7) is 2.49. The van der Waals surface area contributed by atoms with Crippen LogP contribution in [0.15, 0.2) is 18.2 Å². The summed E-state index contributed by atoms with van der Waals surface area (Å²) in [5.74, 6) is -3.54. The van der Waals surface area contributed by atoms with Gasteiger partial charge in [0, 0.05) is 19.2 Å². The second-order valence-corrected chi connectivity index (χ2v) is 7.27. The molecule has 2 N–H and O–H groups in total. The average Bonchev–Trinajstić information content (AvgIpc) is 2.40. The molecule has 1 rings (SSSR count). The van der Waals surface area contributed by atoms with Crippen LogP contribution in [0.1, 0.15) is 6.92 Å². The molecule has 0 fully saturated rings. The lowest BCUT2D eigenvalue weighted by Crippen LogP contribution is -2.37. The second-order valence-electron chi connectivity index (χ2n) is 5.50. The maximum Gasteiger partial charge on any atom is 0.233 e. The van der Waals surface area contributed by atoms with Gasteiger partial charge in [0.05, 0.1) is 17.4 Å². The summed E-state index contributed by atoms with van der Waals surface area (Å²) in [5, 5.41) is 2.62. The summed E-state index contributed by atoms with van der Waals surface area (Å²) in [4.78, 5) is 13.7. The maximum absolute atomic E-state index is 13.5. The first-order chi connectivity index (χ1) is 10.6. The highest BCUT2D eigenvalue weighted by atomic mass is 32.2. The van der Waals surface area contributed by atoms with E-state index in [-0.39, 0.29) is 5.69 Å². The number of benzene rings is 1. The van der Waals surface area contributed by atoms with E-state index in [1.807, 2.05) is 23.7 Å². The van der Waals surface area contributed by atoms with Crippen LogP contribution in [-0.4, -0.2) is 52.2 Å². The van der Waals surface area contributed by atoms with Crippen molar-refractivity contribution in [2.45, 2.75) is 6.92 Å². The zero-order valence-corrected chi connectivity index (χ0v) is 14.1.